The molecule has 0 bridgehead atoms. The molecule has 0 unspecified atom stereocenters. The summed E-state index contributed by atoms with van der Waals surface area (Å²) >= 11 is 0. The van der Waals surface area contributed by atoms with Crippen LogP contribution in [0.3, 0.4) is 0 Å². The Labute approximate surface area is 101 Å². The van der Waals surface area contributed by atoms with Crippen LogP contribution < -0.4 is 5.73 Å². The van der Waals surface area contributed by atoms with Gasteiger partial charge in [0.15, 0.2) is 0 Å². The molecule has 2 rings (SSSR count). The standard InChI is InChI=1S/C12H8F2N2O2/c13-8-3-1-7(2-4-8)9-5-6-10(15)12(11(9)14)16(17)18/h1-6H,15H2. The van der Waals surface area contributed by atoms with Crippen molar-refractivity contribution in [3.8, 4) is 11.1 Å². The number of nitrogens with two attached hydrogens (primary N) is 1. The second-order valence-corrected chi connectivity index (χ2v) is 3.63. The van der Waals surface area contributed by atoms with E-state index in [1.807, 2.05) is 0 Å². The van der Waals surface area contributed by atoms with Gasteiger partial charge in [-0.25, -0.2) is 4.39 Å². The lowest BCUT2D eigenvalue weighted by atomic mass is 10.0. The number of benzene rings is 2. The molecule has 0 atom stereocenters. The van der Waals surface area contributed by atoms with Gasteiger partial charge in [-0.15, -0.1) is 0 Å². The van der Waals surface area contributed by atoms with Gasteiger partial charge in [-0.3, -0.25) is 10.1 Å². The molecule has 6 heteroatoms. The Kier molecular flexibility index (Phi) is 2.93. The number of nitro groups is 1. The quantitative estimate of drug-likeness (QED) is 0.505. The largest absolute Gasteiger partial charge is 0.393 e. The smallest absolute Gasteiger partial charge is 0.328 e. The number of nitrogen functional groups attached to an aromatic ring is 1. The van der Waals surface area contributed by atoms with Crippen LogP contribution in [0.5, 0.6) is 0 Å². The number of hydrogen-bond donors (Lipinski definition) is 1. The molecular weight excluding hydrogens is 242 g/mol. The fraction of sp³-hybridized carbons (Fsp3) is 0. The van der Waals surface area contributed by atoms with Crippen molar-refractivity contribution in [1.29, 1.82) is 0 Å². The van der Waals surface area contributed by atoms with Crippen LogP contribution in [0.1, 0.15) is 0 Å². The van der Waals surface area contributed by atoms with E-state index < -0.39 is 22.2 Å². The first-order chi connectivity index (χ1) is 8.50. The Balaban J connectivity index is 2.62. The van der Waals surface area contributed by atoms with Crippen molar-refractivity contribution >= 4 is 11.4 Å². The van der Waals surface area contributed by atoms with Gasteiger partial charge in [0.25, 0.3) is 0 Å². The molecule has 0 heterocycles. The molecule has 0 saturated carbocycles. The van der Waals surface area contributed by atoms with Crippen LogP contribution >= 0.6 is 0 Å². The van der Waals surface area contributed by atoms with Gasteiger partial charge in [-0.1, -0.05) is 12.1 Å². The third-order valence-corrected chi connectivity index (χ3v) is 2.49. The van der Waals surface area contributed by atoms with E-state index in [0.29, 0.717) is 5.56 Å². The number of hydrogen-bond acceptors (Lipinski definition) is 3. The van der Waals surface area contributed by atoms with Crippen molar-refractivity contribution in [3.05, 3.63) is 58.1 Å². The van der Waals surface area contributed by atoms with Gasteiger partial charge < -0.3 is 5.73 Å². The molecule has 2 aromatic carbocycles. The van der Waals surface area contributed by atoms with E-state index in [4.69, 9.17) is 5.73 Å². The highest BCUT2D eigenvalue weighted by atomic mass is 19.1. The van der Waals surface area contributed by atoms with E-state index in [1.165, 1.54) is 24.3 Å². The summed E-state index contributed by atoms with van der Waals surface area (Å²) in [5.74, 6) is -1.49. The Bertz CT molecular complexity index is 612. The first-order valence-electron chi connectivity index (χ1n) is 4.99. The predicted octanol–water partition coefficient (Wildman–Crippen LogP) is 3.12. The van der Waals surface area contributed by atoms with Crippen LogP contribution in [0, 0.1) is 21.7 Å². The average molecular weight is 250 g/mol. The van der Waals surface area contributed by atoms with Crippen molar-refractivity contribution < 1.29 is 13.7 Å². The van der Waals surface area contributed by atoms with Crippen molar-refractivity contribution in [3.63, 3.8) is 0 Å². The number of nitrogens with zero attached hydrogens (tertiary/aromatic N) is 1. The van der Waals surface area contributed by atoms with E-state index in [0.717, 1.165) is 12.1 Å². The summed E-state index contributed by atoms with van der Waals surface area (Å²) in [7, 11) is 0. The van der Waals surface area contributed by atoms with Crippen LogP contribution in [0.2, 0.25) is 0 Å². The molecule has 18 heavy (non-hydrogen) atoms. The second kappa shape index (κ2) is 4.40. The SMILES string of the molecule is Nc1ccc(-c2ccc(F)cc2)c(F)c1[N+](=O)[O-]. The lowest BCUT2D eigenvalue weighted by Crippen LogP contribution is -2.00. The minimum atomic E-state index is -1.02. The highest BCUT2D eigenvalue weighted by Gasteiger charge is 2.22. The molecule has 2 N–H and O–H groups in total. The van der Waals surface area contributed by atoms with Gasteiger partial charge in [0, 0.05) is 5.56 Å². The maximum absolute atomic E-state index is 14.0. The zero-order chi connectivity index (χ0) is 13.3. The molecular formula is C12H8F2N2O2. The predicted molar refractivity (Wildman–Crippen MR) is 62.9 cm³/mol. The lowest BCUT2D eigenvalue weighted by molar-refractivity contribution is -0.386. The molecule has 0 amide bonds. The number of anilines is 1. The van der Waals surface area contributed by atoms with Gasteiger partial charge >= 0.3 is 5.69 Å². The van der Waals surface area contributed by atoms with E-state index >= 15 is 0 Å². The maximum Gasteiger partial charge on any atom is 0.328 e. The Hall–Kier alpha value is -2.50. The summed E-state index contributed by atoms with van der Waals surface area (Å²) in [4.78, 5) is 9.83. The van der Waals surface area contributed by atoms with Crippen molar-refractivity contribution in [2.75, 3.05) is 5.73 Å². The second-order valence-electron chi connectivity index (χ2n) is 3.63. The topological polar surface area (TPSA) is 69.2 Å². The summed E-state index contributed by atoms with van der Waals surface area (Å²) in [6.07, 6.45) is 0. The molecule has 0 aliphatic carbocycles. The molecule has 92 valence electrons. The summed E-state index contributed by atoms with van der Waals surface area (Å²) in [6.45, 7) is 0. The Morgan fingerprint density at radius 2 is 1.67 bits per heavy atom. The van der Waals surface area contributed by atoms with Crippen LogP contribution in [0.15, 0.2) is 36.4 Å². The van der Waals surface area contributed by atoms with E-state index in [2.05, 4.69) is 0 Å². The van der Waals surface area contributed by atoms with Crippen LogP contribution in [-0.2, 0) is 0 Å². The summed E-state index contributed by atoms with van der Waals surface area (Å²) < 4.78 is 26.7. The normalized spacial score (nSPS) is 10.3. The van der Waals surface area contributed by atoms with Crippen molar-refractivity contribution in [2.24, 2.45) is 0 Å². The van der Waals surface area contributed by atoms with Gasteiger partial charge in [0.1, 0.15) is 11.5 Å². The van der Waals surface area contributed by atoms with Gasteiger partial charge in [0.2, 0.25) is 5.82 Å². The third-order valence-electron chi connectivity index (χ3n) is 2.49. The number of halogens is 2. The van der Waals surface area contributed by atoms with Crippen molar-refractivity contribution in [1.82, 2.24) is 0 Å². The molecule has 0 aliphatic heterocycles. The van der Waals surface area contributed by atoms with Gasteiger partial charge in [0.05, 0.1) is 4.92 Å². The van der Waals surface area contributed by atoms with Crippen LogP contribution in [0.4, 0.5) is 20.2 Å². The highest BCUT2D eigenvalue weighted by molar-refractivity contribution is 5.73. The van der Waals surface area contributed by atoms with Gasteiger partial charge in [-0.2, -0.15) is 4.39 Å². The maximum atomic E-state index is 14.0. The lowest BCUT2D eigenvalue weighted by Gasteiger charge is -2.05. The summed E-state index contributed by atoms with van der Waals surface area (Å²) in [5.41, 5.74) is 4.69. The zero-order valence-electron chi connectivity index (χ0n) is 9.06. The van der Waals surface area contributed by atoms with Crippen LogP contribution in [-0.4, -0.2) is 4.92 Å². The van der Waals surface area contributed by atoms with Crippen LogP contribution in [0.25, 0.3) is 11.1 Å². The third kappa shape index (κ3) is 2.00. The molecule has 0 aromatic heterocycles. The average Bonchev–Trinajstić information content (AvgIpc) is 2.30. The Morgan fingerprint density at radius 1 is 1.06 bits per heavy atom. The van der Waals surface area contributed by atoms with E-state index in [9.17, 15) is 18.9 Å². The molecule has 0 saturated heterocycles. The fourth-order valence-electron chi connectivity index (χ4n) is 1.62. The summed E-state index contributed by atoms with van der Waals surface area (Å²) in [5, 5.41) is 10.7. The Morgan fingerprint density at radius 3 is 2.22 bits per heavy atom. The van der Waals surface area contributed by atoms with Gasteiger partial charge in [-0.05, 0) is 29.8 Å². The molecule has 0 spiro atoms. The van der Waals surface area contributed by atoms with E-state index in [-0.39, 0.29) is 11.3 Å². The summed E-state index contributed by atoms with van der Waals surface area (Å²) in [6, 6.07) is 7.56. The molecule has 0 fully saturated rings. The van der Waals surface area contributed by atoms with E-state index in [1.54, 1.807) is 0 Å². The minimum absolute atomic E-state index is 0.0101. The monoisotopic (exact) mass is 250 g/mol. The highest BCUT2D eigenvalue weighted by Crippen LogP contribution is 2.33. The fourth-order valence-corrected chi connectivity index (χ4v) is 1.62. The first kappa shape index (κ1) is 12.0. The molecule has 2 aromatic rings. The first-order valence-corrected chi connectivity index (χ1v) is 4.99. The number of rotatable bonds is 2. The number of nitro benzene ring substituents is 1. The molecule has 0 aliphatic rings. The minimum Gasteiger partial charge on any atom is -0.393 e. The molecule has 0 radical (unpaired) electrons. The molecule has 4 nitrogen and oxygen atoms in total. The van der Waals surface area contributed by atoms with Crippen molar-refractivity contribution in [2.45, 2.75) is 0 Å². The zero-order valence-corrected chi connectivity index (χ0v) is 9.06.